The highest BCUT2D eigenvalue weighted by atomic mass is 32.2. The lowest BCUT2D eigenvalue weighted by atomic mass is 10.2. The Labute approximate surface area is 169 Å². The number of carbonyl (C=O) groups excluding carboxylic acids is 2. The fraction of sp³-hybridized carbons (Fsp3) is 0.105. The van der Waals surface area contributed by atoms with Crippen molar-refractivity contribution < 1.29 is 14.5 Å². The first kappa shape index (κ1) is 20.1. The number of nitrogens with one attached hydrogen (secondary N) is 1. The maximum absolute atomic E-state index is 12.0. The second kappa shape index (κ2) is 9.02. The molecule has 1 heterocycles. The first-order chi connectivity index (χ1) is 13.9. The third-order valence-electron chi connectivity index (χ3n) is 3.96. The summed E-state index contributed by atoms with van der Waals surface area (Å²) >= 11 is 1.24. The smallest absolute Gasteiger partial charge is 0.269 e. The number of primary amides is 1. The van der Waals surface area contributed by atoms with E-state index in [1.165, 1.54) is 30.1 Å². The predicted octanol–water partition coefficient (Wildman–Crippen LogP) is 2.28. The van der Waals surface area contributed by atoms with Crippen LogP contribution in [0.15, 0.2) is 64.7 Å². The monoisotopic (exact) mass is 411 g/mol. The number of hydrazone groups is 1. The van der Waals surface area contributed by atoms with Crippen molar-refractivity contribution in [2.24, 2.45) is 10.8 Å². The van der Waals surface area contributed by atoms with E-state index in [0.717, 1.165) is 21.4 Å². The largest absolute Gasteiger partial charge is 0.368 e. The van der Waals surface area contributed by atoms with Gasteiger partial charge in [0.25, 0.3) is 5.69 Å². The number of carbonyl (C=O) groups is 2. The van der Waals surface area contributed by atoms with Crippen LogP contribution in [0.3, 0.4) is 0 Å². The Balaban J connectivity index is 1.60. The van der Waals surface area contributed by atoms with Gasteiger partial charge in [0.1, 0.15) is 6.54 Å². The van der Waals surface area contributed by atoms with Crippen molar-refractivity contribution in [3.05, 3.63) is 70.4 Å². The molecule has 0 aliphatic carbocycles. The van der Waals surface area contributed by atoms with E-state index in [2.05, 4.69) is 10.5 Å². The van der Waals surface area contributed by atoms with Crippen LogP contribution in [0.2, 0.25) is 0 Å². The summed E-state index contributed by atoms with van der Waals surface area (Å²) in [7, 11) is 0. The number of hydrogen-bond donors (Lipinski definition) is 2. The lowest BCUT2D eigenvalue weighted by Gasteiger charge is -2.00. The summed E-state index contributed by atoms with van der Waals surface area (Å²) in [5, 5.41) is 15.5. The van der Waals surface area contributed by atoms with Crippen LogP contribution >= 0.6 is 11.8 Å². The lowest BCUT2D eigenvalue weighted by molar-refractivity contribution is -0.384. The van der Waals surface area contributed by atoms with Crippen molar-refractivity contribution in [1.29, 1.82) is 0 Å². The Morgan fingerprint density at radius 3 is 2.62 bits per heavy atom. The molecule has 10 heteroatoms. The van der Waals surface area contributed by atoms with E-state index in [1.54, 1.807) is 22.9 Å². The van der Waals surface area contributed by atoms with E-state index in [9.17, 15) is 19.7 Å². The molecular formula is C19H17N5O4S. The molecule has 2 amide bonds. The Bertz CT molecular complexity index is 1090. The van der Waals surface area contributed by atoms with Gasteiger partial charge in [0, 0.05) is 39.7 Å². The van der Waals surface area contributed by atoms with Gasteiger partial charge < -0.3 is 10.3 Å². The number of fused-ring (bicyclic) bond motifs is 1. The van der Waals surface area contributed by atoms with Crippen LogP contribution in [0.5, 0.6) is 0 Å². The molecule has 0 bridgehead atoms. The molecule has 0 unspecified atom stereocenters. The van der Waals surface area contributed by atoms with Gasteiger partial charge in [0.2, 0.25) is 11.8 Å². The first-order valence-corrected chi connectivity index (χ1v) is 9.48. The molecule has 3 aromatic rings. The van der Waals surface area contributed by atoms with E-state index in [-0.39, 0.29) is 23.9 Å². The summed E-state index contributed by atoms with van der Waals surface area (Å²) < 4.78 is 1.73. The molecule has 0 radical (unpaired) electrons. The Hall–Kier alpha value is -3.66. The number of nitro benzene ring substituents is 1. The molecule has 0 atom stereocenters. The van der Waals surface area contributed by atoms with Crippen LogP contribution in [-0.4, -0.2) is 33.3 Å². The Morgan fingerprint density at radius 1 is 1.21 bits per heavy atom. The van der Waals surface area contributed by atoms with Gasteiger partial charge in [-0.05, 0) is 18.2 Å². The minimum Gasteiger partial charge on any atom is -0.368 e. The average molecular weight is 411 g/mol. The van der Waals surface area contributed by atoms with Gasteiger partial charge in [0.05, 0.1) is 16.9 Å². The van der Waals surface area contributed by atoms with Crippen molar-refractivity contribution in [1.82, 2.24) is 9.99 Å². The molecule has 3 rings (SSSR count). The predicted molar refractivity (Wildman–Crippen MR) is 111 cm³/mol. The zero-order valence-corrected chi connectivity index (χ0v) is 16.0. The second-order valence-corrected chi connectivity index (χ2v) is 7.08. The molecular weight excluding hydrogens is 394 g/mol. The van der Waals surface area contributed by atoms with Crippen LogP contribution in [-0.2, 0) is 16.1 Å². The topological polar surface area (TPSA) is 133 Å². The zero-order chi connectivity index (χ0) is 20.8. The number of para-hydroxylation sites is 1. The van der Waals surface area contributed by atoms with Crippen molar-refractivity contribution in [3.8, 4) is 0 Å². The summed E-state index contributed by atoms with van der Waals surface area (Å²) in [4.78, 5) is 34.1. The highest BCUT2D eigenvalue weighted by Crippen LogP contribution is 2.21. The number of nitrogens with zero attached hydrogens (tertiary/aromatic N) is 3. The molecule has 1 aromatic heterocycles. The number of thioether (sulfide) groups is 1. The van der Waals surface area contributed by atoms with E-state index in [4.69, 9.17) is 5.73 Å². The van der Waals surface area contributed by atoms with Crippen LogP contribution < -0.4 is 11.2 Å². The highest BCUT2D eigenvalue weighted by Gasteiger charge is 2.09. The van der Waals surface area contributed by atoms with Crippen molar-refractivity contribution in [2.75, 3.05) is 5.75 Å². The van der Waals surface area contributed by atoms with Gasteiger partial charge in [0.15, 0.2) is 0 Å². The molecule has 9 nitrogen and oxygen atoms in total. The van der Waals surface area contributed by atoms with Crippen molar-refractivity contribution >= 4 is 46.4 Å². The molecule has 0 aliphatic rings. The first-order valence-electron chi connectivity index (χ1n) is 8.49. The van der Waals surface area contributed by atoms with Crippen molar-refractivity contribution in [3.63, 3.8) is 0 Å². The Morgan fingerprint density at radius 2 is 1.93 bits per heavy atom. The van der Waals surface area contributed by atoms with E-state index < -0.39 is 10.8 Å². The maximum atomic E-state index is 12.0. The van der Waals surface area contributed by atoms with Crippen LogP contribution in [0.4, 0.5) is 5.69 Å². The van der Waals surface area contributed by atoms with Gasteiger partial charge in [-0.25, -0.2) is 5.43 Å². The van der Waals surface area contributed by atoms with Crippen LogP contribution in [0.1, 0.15) is 5.56 Å². The minimum atomic E-state index is -0.476. The molecule has 148 valence electrons. The molecule has 2 aromatic carbocycles. The number of aromatic nitrogens is 1. The second-order valence-electron chi connectivity index (χ2n) is 6.03. The molecule has 0 spiro atoms. The van der Waals surface area contributed by atoms with Gasteiger partial charge in [-0.1, -0.05) is 18.2 Å². The fourth-order valence-corrected chi connectivity index (χ4v) is 3.39. The highest BCUT2D eigenvalue weighted by molar-refractivity contribution is 8.00. The molecule has 0 saturated heterocycles. The van der Waals surface area contributed by atoms with Gasteiger partial charge in [-0.15, -0.1) is 11.8 Å². The molecule has 0 fully saturated rings. The number of benzene rings is 2. The fourth-order valence-electron chi connectivity index (χ4n) is 2.70. The number of amides is 2. The molecule has 3 N–H and O–H groups in total. The normalized spacial score (nSPS) is 11.0. The number of hydrogen-bond acceptors (Lipinski definition) is 6. The number of nitro groups is 1. The van der Waals surface area contributed by atoms with E-state index >= 15 is 0 Å². The van der Waals surface area contributed by atoms with Crippen LogP contribution in [0.25, 0.3) is 10.9 Å². The third kappa shape index (κ3) is 5.20. The lowest BCUT2D eigenvalue weighted by Crippen LogP contribution is -2.19. The number of nitrogens with two attached hydrogens (primary N) is 1. The average Bonchev–Trinajstić information content (AvgIpc) is 3.04. The minimum absolute atomic E-state index is 0.00102. The van der Waals surface area contributed by atoms with E-state index in [1.807, 2.05) is 24.3 Å². The summed E-state index contributed by atoms with van der Waals surface area (Å²) in [5.74, 6) is -0.658. The SMILES string of the molecule is NC(=O)Cn1cc(/C=N\NC(=O)CSc2ccc([N+](=O)[O-])cc2)c2ccccc21. The summed E-state index contributed by atoms with van der Waals surface area (Å²) in [5.41, 5.74) is 9.31. The molecule has 0 saturated carbocycles. The van der Waals surface area contributed by atoms with Gasteiger partial charge >= 0.3 is 0 Å². The quantitative estimate of drug-likeness (QED) is 0.254. The van der Waals surface area contributed by atoms with Crippen molar-refractivity contribution in [2.45, 2.75) is 11.4 Å². The van der Waals surface area contributed by atoms with E-state index in [0.29, 0.717) is 0 Å². The molecule has 29 heavy (non-hydrogen) atoms. The molecule has 0 aliphatic heterocycles. The summed E-state index contributed by atoms with van der Waals surface area (Å²) in [6, 6.07) is 13.4. The standard InChI is InChI=1S/C19H17N5O4S/c20-18(25)11-23-10-13(16-3-1-2-4-17(16)23)9-21-22-19(26)12-29-15-7-5-14(6-8-15)24(27)28/h1-10H,11-12H2,(H2,20,25)(H,22,26)/b21-9-. The van der Waals surface area contributed by atoms with Gasteiger partial charge in [-0.2, -0.15) is 5.10 Å². The third-order valence-corrected chi connectivity index (χ3v) is 4.97. The number of non-ortho nitro benzene ring substituents is 1. The summed E-state index contributed by atoms with van der Waals surface area (Å²) in [6.07, 6.45) is 3.25. The maximum Gasteiger partial charge on any atom is 0.269 e. The Kier molecular flexibility index (Phi) is 6.25. The van der Waals surface area contributed by atoms with Gasteiger partial charge in [-0.3, -0.25) is 19.7 Å². The zero-order valence-electron chi connectivity index (χ0n) is 15.1. The van der Waals surface area contributed by atoms with Crippen LogP contribution in [0, 0.1) is 10.1 Å². The summed E-state index contributed by atoms with van der Waals surface area (Å²) in [6.45, 7) is 0.0482. The number of rotatable bonds is 8.